The van der Waals surface area contributed by atoms with Crippen molar-refractivity contribution < 1.29 is 9.53 Å². The fraction of sp³-hybridized carbons (Fsp3) is 0.0741. The van der Waals surface area contributed by atoms with E-state index in [2.05, 4.69) is 85.4 Å². The smallest absolute Gasteiger partial charge is 0.333 e. The van der Waals surface area contributed by atoms with E-state index in [-0.39, 0.29) is 5.97 Å². The van der Waals surface area contributed by atoms with E-state index in [0.717, 1.165) is 10.9 Å². The molecule has 0 bridgehead atoms. The summed E-state index contributed by atoms with van der Waals surface area (Å²) in [6.45, 7) is 3.84. The molecule has 0 heterocycles. The van der Waals surface area contributed by atoms with Gasteiger partial charge in [0.1, 0.15) is 0 Å². The Balaban J connectivity index is 1.64. The van der Waals surface area contributed by atoms with Gasteiger partial charge in [0.25, 0.3) is 0 Å². The van der Waals surface area contributed by atoms with Crippen LogP contribution in [0.2, 0.25) is 0 Å². The maximum atomic E-state index is 11.7. The highest BCUT2D eigenvalue weighted by molar-refractivity contribution is 6.08. The molecule has 0 aliphatic carbocycles. The number of benzene rings is 5. The van der Waals surface area contributed by atoms with Gasteiger partial charge in [-0.05, 0) is 85.1 Å². The second-order valence-electron chi connectivity index (χ2n) is 7.55. The van der Waals surface area contributed by atoms with Gasteiger partial charge in [0.2, 0.25) is 0 Å². The first-order chi connectivity index (χ1) is 14.1. The van der Waals surface area contributed by atoms with Crippen LogP contribution < -0.4 is 0 Å². The number of hydrogen-bond acceptors (Lipinski definition) is 2. The average Bonchev–Trinajstić information content (AvgIpc) is 2.74. The Morgan fingerprint density at radius 3 is 1.66 bits per heavy atom. The molecule has 0 unspecified atom stereocenters. The molecule has 0 saturated heterocycles. The van der Waals surface area contributed by atoms with E-state index in [4.69, 9.17) is 4.74 Å². The van der Waals surface area contributed by atoms with Gasteiger partial charge in [0.05, 0.1) is 7.11 Å². The van der Waals surface area contributed by atoms with E-state index >= 15 is 0 Å². The molecule has 0 aromatic heterocycles. The minimum absolute atomic E-state index is 0.359. The van der Waals surface area contributed by atoms with Crippen molar-refractivity contribution in [2.24, 2.45) is 0 Å². The third kappa shape index (κ3) is 3.13. The van der Waals surface area contributed by atoms with Crippen LogP contribution in [0.1, 0.15) is 5.56 Å². The number of ether oxygens (including phenoxy) is 1. The van der Waals surface area contributed by atoms with Crippen molar-refractivity contribution >= 4 is 49.1 Å². The number of fused-ring (bicyclic) bond motifs is 4. The molecule has 0 amide bonds. The summed E-state index contributed by atoms with van der Waals surface area (Å²) < 4.78 is 4.76. The summed E-state index contributed by atoms with van der Waals surface area (Å²) in [7, 11) is 1.38. The Hall–Kier alpha value is -3.65. The molecule has 0 spiro atoms. The van der Waals surface area contributed by atoms with Crippen LogP contribution in [0.4, 0.5) is 0 Å². The Kier molecular flexibility index (Phi) is 4.06. The molecule has 0 N–H and O–H groups in total. The third-order valence-corrected chi connectivity index (χ3v) is 5.57. The summed E-state index contributed by atoms with van der Waals surface area (Å²) >= 11 is 0. The highest BCUT2D eigenvalue weighted by Crippen LogP contribution is 2.30. The number of carbonyl (C=O) groups excluding carboxylic acids is 1. The molecule has 0 aliphatic rings. The number of rotatable bonds is 3. The Morgan fingerprint density at radius 2 is 1.14 bits per heavy atom. The van der Waals surface area contributed by atoms with Crippen LogP contribution in [0.3, 0.4) is 0 Å². The maximum Gasteiger partial charge on any atom is 0.333 e. The van der Waals surface area contributed by atoms with Crippen molar-refractivity contribution in [3.8, 4) is 0 Å². The lowest BCUT2D eigenvalue weighted by atomic mass is 9.96. The van der Waals surface area contributed by atoms with Crippen molar-refractivity contribution in [2.45, 2.75) is 6.42 Å². The van der Waals surface area contributed by atoms with Gasteiger partial charge >= 0.3 is 5.97 Å². The molecule has 0 saturated carbocycles. The van der Waals surface area contributed by atoms with Gasteiger partial charge in [-0.15, -0.1) is 0 Å². The Labute approximate surface area is 169 Å². The fourth-order valence-electron chi connectivity index (χ4n) is 4.07. The topological polar surface area (TPSA) is 26.3 Å². The van der Waals surface area contributed by atoms with Crippen LogP contribution >= 0.6 is 0 Å². The Morgan fingerprint density at radius 1 is 0.690 bits per heavy atom. The molecule has 140 valence electrons. The van der Waals surface area contributed by atoms with Crippen LogP contribution in [-0.2, 0) is 16.0 Å². The van der Waals surface area contributed by atoms with Gasteiger partial charge in [-0.3, -0.25) is 0 Å². The standard InChI is InChI=1S/C27H20O2/c1-17(27(28)29-2)9-18-7-8-21-13-25-15-23-11-19-5-3-4-6-20(19)12-24(23)16-26(25)14-22(21)10-18/h3-8,10-16H,1,9H2,2H3. The van der Waals surface area contributed by atoms with Gasteiger partial charge in [-0.25, -0.2) is 4.79 Å². The minimum Gasteiger partial charge on any atom is -0.466 e. The largest absolute Gasteiger partial charge is 0.466 e. The first kappa shape index (κ1) is 17.4. The normalized spacial score (nSPS) is 11.3. The highest BCUT2D eigenvalue weighted by Gasteiger charge is 2.09. The summed E-state index contributed by atoms with van der Waals surface area (Å²) in [6.07, 6.45) is 0.490. The lowest BCUT2D eigenvalue weighted by Gasteiger charge is -2.09. The SMILES string of the molecule is C=C(Cc1ccc2cc3cc4cc5ccccc5cc4cc3cc2c1)C(=O)OC. The minimum atomic E-state index is -0.359. The molecule has 0 aliphatic heterocycles. The van der Waals surface area contributed by atoms with Crippen molar-refractivity contribution in [1.82, 2.24) is 0 Å². The summed E-state index contributed by atoms with van der Waals surface area (Å²) in [5.41, 5.74) is 1.52. The van der Waals surface area contributed by atoms with E-state index < -0.39 is 0 Å². The van der Waals surface area contributed by atoms with Crippen LogP contribution in [0, 0.1) is 0 Å². The highest BCUT2D eigenvalue weighted by atomic mass is 16.5. The second kappa shape index (κ2) is 6.75. The molecule has 0 atom stereocenters. The van der Waals surface area contributed by atoms with E-state index in [1.807, 2.05) is 0 Å². The van der Waals surface area contributed by atoms with Gasteiger partial charge in [-0.2, -0.15) is 0 Å². The van der Waals surface area contributed by atoms with Gasteiger partial charge in [0.15, 0.2) is 0 Å². The van der Waals surface area contributed by atoms with Crippen molar-refractivity contribution in [2.75, 3.05) is 7.11 Å². The zero-order valence-electron chi connectivity index (χ0n) is 16.2. The van der Waals surface area contributed by atoms with Crippen LogP contribution in [0.5, 0.6) is 0 Å². The summed E-state index contributed by atoms with van der Waals surface area (Å²) in [4.78, 5) is 11.7. The summed E-state index contributed by atoms with van der Waals surface area (Å²) in [5.74, 6) is -0.359. The van der Waals surface area contributed by atoms with E-state index in [0.29, 0.717) is 12.0 Å². The predicted octanol–water partition coefficient (Wildman–Crippen LogP) is 6.57. The second-order valence-corrected chi connectivity index (χ2v) is 7.55. The summed E-state index contributed by atoms with van der Waals surface area (Å²) in [6, 6.07) is 28.3. The molecular formula is C27H20O2. The first-order valence-corrected chi connectivity index (χ1v) is 9.66. The number of esters is 1. The zero-order chi connectivity index (χ0) is 20.0. The van der Waals surface area contributed by atoms with E-state index in [1.54, 1.807) is 0 Å². The zero-order valence-corrected chi connectivity index (χ0v) is 16.2. The number of hydrogen-bond donors (Lipinski definition) is 0. The molecule has 2 heteroatoms. The summed E-state index contributed by atoms with van der Waals surface area (Å²) in [5, 5.41) is 9.79. The van der Waals surface area contributed by atoms with E-state index in [9.17, 15) is 4.79 Å². The molecule has 2 nitrogen and oxygen atoms in total. The van der Waals surface area contributed by atoms with Crippen molar-refractivity contribution in [3.05, 3.63) is 96.6 Å². The Bertz CT molecular complexity index is 1440. The molecule has 5 aromatic rings. The van der Waals surface area contributed by atoms with Gasteiger partial charge in [-0.1, -0.05) is 49.0 Å². The van der Waals surface area contributed by atoms with Crippen LogP contribution in [0.15, 0.2) is 91.0 Å². The lowest BCUT2D eigenvalue weighted by Crippen LogP contribution is -2.05. The fourth-order valence-corrected chi connectivity index (χ4v) is 4.07. The lowest BCUT2D eigenvalue weighted by molar-refractivity contribution is -0.136. The van der Waals surface area contributed by atoms with Crippen LogP contribution in [-0.4, -0.2) is 13.1 Å². The predicted molar refractivity (Wildman–Crippen MR) is 121 cm³/mol. The third-order valence-electron chi connectivity index (χ3n) is 5.57. The molecule has 0 fully saturated rings. The molecule has 0 radical (unpaired) electrons. The van der Waals surface area contributed by atoms with Crippen molar-refractivity contribution in [1.29, 1.82) is 0 Å². The molecule has 5 aromatic carbocycles. The molecule has 5 rings (SSSR count). The maximum absolute atomic E-state index is 11.7. The van der Waals surface area contributed by atoms with Crippen molar-refractivity contribution in [3.63, 3.8) is 0 Å². The molecular weight excluding hydrogens is 356 g/mol. The van der Waals surface area contributed by atoms with Gasteiger partial charge < -0.3 is 4.74 Å². The number of methoxy groups -OCH3 is 1. The van der Waals surface area contributed by atoms with Crippen LogP contribution in [0.25, 0.3) is 43.1 Å². The quantitative estimate of drug-likeness (QED) is 0.202. The monoisotopic (exact) mass is 376 g/mol. The van der Waals surface area contributed by atoms with E-state index in [1.165, 1.54) is 44.8 Å². The van der Waals surface area contributed by atoms with Gasteiger partial charge in [0, 0.05) is 12.0 Å². The molecule has 29 heavy (non-hydrogen) atoms. The number of carbonyl (C=O) groups is 1. The average molecular weight is 376 g/mol. The first-order valence-electron chi connectivity index (χ1n) is 9.66.